The van der Waals surface area contributed by atoms with E-state index in [1.807, 2.05) is 43.3 Å². The second kappa shape index (κ2) is 7.24. The van der Waals surface area contributed by atoms with Crippen molar-refractivity contribution in [2.75, 3.05) is 6.61 Å². The van der Waals surface area contributed by atoms with Crippen molar-refractivity contribution >= 4 is 22.6 Å². The van der Waals surface area contributed by atoms with E-state index in [4.69, 9.17) is 16.3 Å². The van der Waals surface area contributed by atoms with E-state index < -0.39 is 6.10 Å². The van der Waals surface area contributed by atoms with Crippen molar-refractivity contribution in [3.05, 3.63) is 58.9 Å². The fraction of sp³-hybridized carbons (Fsp3) is 0.316. The number of fused-ring (bicyclic) bond motifs is 1. The first-order chi connectivity index (χ1) is 11.6. The number of aromatic nitrogens is 2. The number of imidazole rings is 1. The minimum absolute atomic E-state index is 0.219. The van der Waals surface area contributed by atoms with Gasteiger partial charge in [0.1, 0.15) is 24.3 Å². The van der Waals surface area contributed by atoms with Gasteiger partial charge >= 0.3 is 0 Å². The van der Waals surface area contributed by atoms with E-state index in [9.17, 15) is 5.11 Å². The van der Waals surface area contributed by atoms with E-state index in [0.29, 0.717) is 17.3 Å². The normalized spacial score (nSPS) is 12.5. The predicted molar refractivity (Wildman–Crippen MR) is 96.8 cm³/mol. The summed E-state index contributed by atoms with van der Waals surface area (Å²) in [5.74, 6) is 1.68. The summed E-state index contributed by atoms with van der Waals surface area (Å²) in [5.41, 5.74) is 2.95. The van der Waals surface area contributed by atoms with Crippen LogP contribution in [0, 0.1) is 6.92 Å². The van der Waals surface area contributed by atoms with Crippen LogP contribution in [-0.4, -0.2) is 27.4 Å². The average molecular weight is 345 g/mol. The molecule has 1 unspecified atom stereocenters. The van der Waals surface area contributed by atoms with Gasteiger partial charge in [-0.25, -0.2) is 4.98 Å². The van der Waals surface area contributed by atoms with E-state index in [2.05, 4.69) is 16.5 Å². The lowest BCUT2D eigenvalue weighted by Crippen LogP contribution is -2.24. The molecule has 4 nitrogen and oxygen atoms in total. The third-order valence-electron chi connectivity index (χ3n) is 4.01. The maximum Gasteiger partial charge on any atom is 0.119 e. The third kappa shape index (κ3) is 3.55. The number of aliphatic hydroxyl groups is 1. The summed E-state index contributed by atoms with van der Waals surface area (Å²) in [6, 6.07) is 13.5. The molecule has 1 atom stereocenters. The minimum atomic E-state index is -0.621. The van der Waals surface area contributed by atoms with Gasteiger partial charge in [0, 0.05) is 11.4 Å². The highest BCUT2D eigenvalue weighted by atomic mass is 35.5. The predicted octanol–water partition coefficient (Wildman–Crippen LogP) is 4.00. The van der Waals surface area contributed by atoms with Gasteiger partial charge in [0.25, 0.3) is 0 Å². The zero-order valence-corrected chi connectivity index (χ0v) is 14.6. The van der Waals surface area contributed by atoms with Crippen molar-refractivity contribution in [1.82, 2.24) is 9.55 Å². The molecule has 0 fully saturated rings. The maximum atomic E-state index is 10.4. The Labute approximate surface area is 146 Å². The fourth-order valence-corrected chi connectivity index (χ4v) is 2.88. The van der Waals surface area contributed by atoms with Gasteiger partial charge in [-0.05, 0) is 42.8 Å². The molecule has 126 valence electrons. The van der Waals surface area contributed by atoms with Crippen LogP contribution in [0.2, 0.25) is 5.02 Å². The van der Waals surface area contributed by atoms with Crippen LogP contribution in [0.1, 0.15) is 18.3 Å². The van der Waals surface area contributed by atoms with Gasteiger partial charge in [0.05, 0.1) is 17.6 Å². The Kier molecular flexibility index (Phi) is 5.07. The number of aryl methyl sites for hydroxylation is 2. The van der Waals surface area contributed by atoms with Crippen LogP contribution in [-0.2, 0) is 13.0 Å². The first-order valence-corrected chi connectivity index (χ1v) is 8.47. The molecule has 0 aliphatic rings. The first kappa shape index (κ1) is 16.8. The smallest absolute Gasteiger partial charge is 0.119 e. The number of hydrogen-bond donors (Lipinski definition) is 1. The Hall–Kier alpha value is -2.04. The molecule has 0 aliphatic carbocycles. The molecular weight excluding hydrogens is 324 g/mol. The molecule has 0 radical (unpaired) electrons. The van der Waals surface area contributed by atoms with Crippen molar-refractivity contribution in [2.45, 2.75) is 32.9 Å². The average Bonchev–Trinajstić information content (AvgIpc) is 2.94. The van der Waals surface area contributed by atoms with Crippen molar-refractivity contribution in [3.8, 4) is 5.75 Å². The Morgan fingerprint density at radius 1 is 1.25 bits per heavy atom. The monoisotopic (exact) mass is 344 g/mol. The van der Waals surface area contributed by atoms with Crippen LogP contribution in [0.15, 0.2) is 42.5 Å². The van der Waals surface area contributed by atoms with Crippen LogP contribution >= 0.6 is 11.6 Å². The van der Waals surface area contributed by atoms with Crippen LogP contribution in [0.25, 0.3) is 11.0 Å². The number of rotatable bonds is 6. The molecule has 1 heterocycles. The summed E-state index contributed by atoms with van der Waals surface area (Å²) in [6.07, 6.45) is 0.197. The molecule has 0 bridgehead atoms. The lowest BCUT2D eigenvalue weighted by molar-refractivity contribution is 0.0927. The number of ether oxygens (including phenoxy) is 1. The number of aliphatic hydroxyl groups excluding tert-OH is 1. The van der Waals surface area contributed by atoms with Gasteiger partial charge in [-0.3, -0.25) is 0 Å². The lowest BCUT2D eigenvalue weighted by atomic mass is 10.2. The van der Waals surface area contributed by atoms with E-state index >= 15 is 0 Å². The Morgan fingerprint density at radius 2 is 2.04 bits per heavy atom. The summed E-state index contributed by atoms with van der Waals surface area (Å²) in [7, 11) is 0. The molecule has 5 heteroatoms. The summed E-state index contributed by atoms with van der Waals surface area (Å²) in [4.78, 5) is 4.62. The zero-order chi connectivity index (χ0) is 17.1. The number of hydrogen-bond acceptors (Lipinski definition) is 3. The van der Waals surface area contributed by atoms with Gasteiger partial charge in [-0.2, -0.15) is 0 Å². The zero-order valence-electron chi connectivity index (χ0n) is 13.9. The molecule has 2 aromatic carbocycles. The molecule has 0 saturated heterocycles. The highest BCUT2D eigenvalue weighted by Gasteiger charge is 2.13. The highest BCUT2D eigenvalue weighted by molar-refractivity contribution is 6.31. The molecular formula is C19H21ClN2O2. The second-order valence-electron chi connectivity index (χ2n) is 5.86. The summed E-state index contributed by atoms with van der Waals surface area (Å²) in [5, 5.41) is 11.1. The molecule has 3 aromatic rings. The quantitative estimate of drug-likeness (QED) is 0.735. The molecule has 3 rings (SSSR count). The molecule has 0 aliphatic heterocycles. The minimum Gasteiger partial charge on any atom is -0.491 e. The molecule has 1 aromatic heterocycles. The molecule has 0 saturated carbocycles. The maximum absolute atomic E-state index is 10.4. The van der Waals surface area contributed by atoms with Crippen molar-refractivity contribution in [1.29, 1.82) is 0 Å². The van der Waals surface area contributed by atoms with E-state index in [0.717, 1.165) is 28.8 Å². The lowest BCUT2D eigenvalue weighted by Gasteiger charge is -2.15. The van der Waals surface area contributed by atoms with Gasteiger partial charge in [-0.15, -0.1) is 0 Å². The van der Waals surface area contributed by atoms with Gasteiger partial charge in [-0.1, -0.05) is 30.7 Å². The van der Waals surface area contributed by atoms with E-state index in [1.165, 1.54) is 0 Å². The number of para-hydroxylation sites is 2. The van der Waals surface area contributed by atoms with Crippen molar-refractivity contribution in [3.63, 3.8) is 0 Å². The van der Waals surface area contributed by atoms with Crippen LogP contribution in [0.3, 0.4) is 0 Å². The second-order valence-corrected chi connectivity index (χ2v) is 6.26. The Balaban J connectivity index is 1.70. The fourth-order valence-electron chi connectivity index (χ4n) is 2.76. The van der Waals surface area contributed by atoms with E-state index in [1.54, 1.807) is 6.07 Å². The molecule has 0 spiro atoms. The topological polar surface area (TPSA) is 47.3 Å². The summed E-state index contributed by atoms with van der Waals surface area (Å²) in [6.45, 7) is 4.67. The van der Waals surface area contributed by atoms with Crippen molar-refractivity contribution < 1.29 is 9.84 Å². The largest absolute Gasteiger partial charge is 0.491 e. The Bertz CT molecular complexity index is 844. The standard InChI is InChI=1S/C19H21ClN2O2/c1-3-19-21-17-6-4-5-7-18(17)22(19)11-14(23)12-24-15-8-9-16(20)13(2)10-15/h4-10,14,23H,3,11-12H2,1-2H3. The number of halogens is 1. The molecule has 1 N–H and O–H groups in total. The SMILES string of the molecule is CCc1nc2ccccc2n1CC(O)COc1ccc(Cl)c(C)c1. The molecule has 24 heavy (non-hydrogen) atoms. The van der Waals surface area contributed by atoms with Crippen LogP contribution in [0.5, 0.6) is 5.75 Å². The number of benzene rings is 2. The third-order valence-corrected chi connectivity index (χ3v) is 4.44. The highest BCUT2D eigenvalue weighted by Crippen LogP contribution is 2.21. The first-order valence-electron chi connectivity index (χ1n) is 8.09. The van der Waals surface area contributed by atoms with Crippen LogP contribution < -0.4 is 4.74 Å². The summed E-state index contributed by atoms with van der Waals surface area (Å²) >= 11 is 6.01. The molecule has 0 amide bonds. The van der Waals surface area contributed by atoms with Crippen LogP contribution in [0.4, 0.5) is 0 Å². The van der Waals surface area contributed by atoms with E-state index in [-0.39, 0.29) is 6.61 Å². The van der Waals surface area contributed by atoms with Gasteiger partial charge < -0.3 is 14.4 Å². The van der Waals surface area contributed by atoms with Gasteiger partial charge in [0.15, 0.2) is 0 Å². The van der Waals surface area contributed by atoms with Gasteiger partial charge in [0.2, 0.25) is 0 Å². The summed E-state index contributed by atoms with van der Waals surface area (Å²) < 4.78 is 7.76. The Morgan fingerprint density at radius 3 is 2.79 bits per heavy atom. The van der Waals surface area contributed by atoms with Crippen molar-refractivity contribution in [2.24, 2.45) is 0 Å². The number of nitrogens with zero attached hydrogens (tertiary/aromatic N) is 2.